The van der Waals surface area contributed by atoms with Crippen molar-refractivity contribution in [2.45, 2.75) is 140 Å². The normalized spacial score (nSPS) is 24.5. The first-order valence-corrected chi connectivity index (χ1v) is 21.8. The number of hydrogen-bond acceptors (Lipinski definition) is 4. The van der Waals surface area contributed by atoms with Crippen molar-refractivity contribution in [3.8, 4) is 0 Å². The third kappa shape index (κ3) is 10.7. The monoisotopic (exact) mass is 799 g/mol. The van der Waals surface area contributed by atoms with Crippen LogP contribution >= 0.6 is 11.3 Å². The van der Waals surface area contributed by atoms with Crippen LogP contribution in [0.25, 0.3) is 0 Å². The zero-order valence-electron chi connectivity index (χ0n) is 32.5. The number of carbonyl (C=O) groups is 2. The Morgan fingerprint density at radius 1 is 0.946 bits per heavy atom. The van der Waals surface area contributed by atoms with E-state index >= 15 is 0 Å². The summed E-state index contributed by atoms with van der Waals surface area (Å²) in [5, 5.41) is 7.17. The summed E-state index contributed by atoms with van der Waals surface area (Å²) in [4.78, 5) is 29.2. The molecular formula is C45H58F5N3O2S. The number of nitrogens with zero attached hydrogens (tertiary/aromatic N) is 1. The van der Waals surface area contributed by atoms with Gasteiger partial charge in [0.1, 0.15) is 5.78 Å². The number of thiophene rings is 1. The molecule has 6 rings (SSSR count). The van der Waals surface area contributed by atoms with E-state index in [4.69, 9.17) is 5.73 Å². The first-order valence-electron chi connectivity index (χ1n) is 20.8. The number of benzene rings is 1. The highest BCUT2D eigenvalue weighted by atomic mass is 32.1. The molecule has 2 fully saturated rings. The molecule has 1 aromatic carbocycles. The number of anilines is 2. The van der Waals surface area contributed by atoms with Crippen molar-refractivity contribution in [3.63, 3.8) is 0 Å². The number of rotatable bonds is 14. The third-order valence-corrected chi connectivity index (χ3v) is 13.7. The van der Waals surface area contributed by atoms with E-state index in [1.807, 2.05) is 16.4 Å². The van der Waals surface area contributed by atoms with Crippen LogP contribution in [-0.2, 0) is 29.7 Å². The van der Waals surface area contributed by atoms with Crippen molar-refractivity contribution in [2.24, 2.45) is 23.7 Å². The van der Waals surface area contributed by atoms with Gasteiger partial charge < -0.3 is 16.0 Å². The van der Waals surface area contributed by atoms with Crippen LogP contribution < -0.4 is 11.1 Å². The average Bonchev–Trinajstić information content (AvgIpc) is 3.35. The minimum Gasteiger partial charge on any atom is -0.398 e. The fourth-order valence-corrected chi connectivity index (χ4v) is 10.4. The number of Topliss-reactive ketones (excluding diaryl/α,β-unsaturated/α-hetero) is 1. The topological polar surface area (TPSA) is 75.4 Å². The minimum absolute atomic E-state index is 0.00929. The largest absolute Gasteiger partial charge is 0.418 e. The fourth-order valence-electron chi connectivity index (χ4n) is 9.62. The quantitative estimate of drug-likeness (QED) is 0.114. The van der Waals surface area contributed by atoms with Gasteiger partial charge in [0.05, 0.1) is 16.9 Å². The number of amides is 2. The number of ketones is 1. The van der Waals surface area contributed by atoms with E-state index in [0.29, 0.717) is 24.3 Å². The van der Waals surface area contributed by atoms with E-state index in [1.54, 1.807) is 11.3 Å². The highest BCUT2D eigenvalue weighted by molar-refractivity contribution is 7.08. The number of halogens is 5. The molecule has 0 unspecified atom stereocenters. The Bertz CT molecular complexity index is 1730. The van der Waals surface area contributed by atoms with Crippen molar-refractivity contribution < 1.29 is 31.5 Å². The zero-order chi connectivity index (χ0) is 39.9. The van der Waals surface area contributed by atoms with E-state index in [9.17, 15) is 31.5 Å². The Morgan fingerprint density at radius 2 is 1.68 bits per heavy atom. The third-order valence-electron chi connectivity index (χ3n) is 12.9. The molecular weight excluding hydrogens is 742 g/mol. The van der Waals surface area contributed by atoms with Gasteiger partial charge in [-0.05, 0) is 162 Å². The van der Waals surface area contributed by atoms with Crippen LogP contribution in [0.4, 0.5) is 38.1 Å². The molecule has 2 heterocycles. The Morgan fingerprint density at radius 3 is 2.41 bits per heavy atom. The van der Waals surface area contributed by atoms with Gasteiger partial charge in [0, 0.05) is 35.4 Å². The maximum Gasteiger partial charge on any atom is 0.418 e. The molecule has 1 aliphatic heterocycles. The Hall–Kier alpha value is -3.47. The smallest absolute Gasteiger partial charge is 0.398 e. The van der Waals surface area contributed by atoms with Crippen LogP contribution in [0.15, 0.2) is 59.3 Å². The summed E-state index contributed by atoms with van der Waals surface area (Å²) in [6, 6.07) is 2.07. The predicted molar refractivity (Wildman–Crippen MR) is 216 cm³/mol. The van der Waals surface area contributed by atoms with Gasteiger partial charge >= 0.3 is 12.2 Å². The van der Waals surface area contributed by atoms with E-state index in [1.165, 1.54) is 30.4 Å². The van der Waals surface area contributed by atoms with E-state index < -0.39 is 34.8 Å². The second-order valence-electron chi connectivity index (χ2n) is 16.8. The lowest BCUT2D eigenvalue weighted by atomic mass is 9.73. The molecule has 3 aliphatic carbocycles. The van der Waals surface area contributed by atoms with E-state index in [0.717, 1.165) is 114 Å². The van der Waals surface area contributed by atoms with Crippen LogP contribution in [0, 0.1) is 23.7 Å². The van der Waals surface area contributed by atoms with Crippen molar-refractivity contribution in [1.82, 2.24) is 4.90 Å². The number of nitrogens with one attached hydrogen (secondary N) is 1. The number of alkyl halides is 5. The second kappa shape index (κ2) is 18.9. The van der Waals surface area contributed by atoms with Gasteiger partial charge in [-0.3, -0.25) is 4.79 Å². The van der Waals surface area contributed by atoms with Gasteiger partial charge in [0.2, 0.25) is 0 Å². The summed E-state index contributed by atoms with van der Waals surface area (Å²) in [7, 11) is 0. The zero-order valence-corrected chi connectivity index (χ0v) is 33.3. The molecule has 56 heavy (non-hydrogen) atoms. The summed E-state index contributed by atoms with van der Waals surface area (Å²) in [5.74, 6) is -3.55. The Kier molecular flexibility index (Phi) is 14.2. The van der Waals surface area contributed by atoms with Crippen LogP contribution in [0.3, 0.4) is 0 Å². The summed E-state index contributed by atoms with van der Waals surface area (Å²) < 4.78 is 72.0. The molecule has 0 bridgehead atoms. The molecule has 2 aromatic rings. The number of urea groups is 1. The molecule has 2 amide bonds. The molecule has 1 atom stereocenters. The molecule has 1 aromatic heterocycles. The molecule has 306 valence electrons. The highest BCUT2D eigenvalue weighted by Gasteiger charge is 2.40. The Labute approximate surface area is 333 Å². The number of hydrogen-bond donors (Lipinski definition) is 2. The Balaban J connectivity index is 1.08. The number of nitrogens with two attached hydrogens (primary N) is 1. The van der Waals surface area contributed by atoms with Crippen molar-refractivity contribution in [3.05, 3.63) is 81.6 Å². The van der Waals surface area contributed by atoms with Crippen LogP contribution in [0.2, 0.25) is 0 Å². The maximum absolute atomic E-state index is 14.9. The van der Waals surface area contributed by atoms with Gasteiger partial charge in [-0.2, -0.15) is 22.0 Å². The molecule has 0 spiro atoms. The highest BCUT2D eigenvalue weighted by Crippen LogP contribution is 2.43. The van der Waals surface area contributed by atoms with Gasteiger partial charge in [0.15, 0.2) is 0 Å². The fraction of sp³-hybridized carbons (Fsp3) is 0.600. The molecule has 0 saturated heterocycles. The van der Waals surface area contributed by atoms with Crippen LogP contribution in [0.5, 0.6) is 0 Å². The lowest BCUT2D eigenvalue weighted by molar-refractivity contribution is -0.137. The number of allylic oxidation sites excluding steroid dienone is 5. The van der Waals surface area contributed by atoms with Gasteiger partial charge in [-0.1, -0.05) is 36.8 Å². The average molecular weight is 800 g/mol. The summed E-state index contributed by atoms with van der Waals surface area (Å²) >= 11 is 1.61. The van der Waals surface area contributed by atoms with Gasteiger partial charge in [-0.15, -0.1) is 11.3 Å². The summed E-state index contributed by atoms with van der Waals surface area (Å²) in [5.41, 5.74) is 6.10. The maximum atomic E-state index is 14.9. The van der Waals surface area contributed by atoms with Gasteiger partial charge in [0.25, 0.3) is 5.92 Å². The van der Waals surface area contributed by atoms with Crippen LogP contribution in [0.1, 0.15) is 131 Å². The number of fused-ring (bicyclic) bond motifs is 1. The molecule has 5 nitrogen and oxygen atoms in total. The molecule has 0 radical (unpaired) electrons. The van der Waals surface area contributed by atoms with Crippen LogP contribution in [-0.4, -0.2) is 29.3 Å². The first kappa shape index (κ1) is 42.1. The summed E-state index contributed by atoms with van der Waals surface area (Å²) in [6.07, 6.45) is 19.1. The van der Waals surface area contributed by atoms with Crippen molar-refractivity contribution in [2.75, 3.05) is 17.6 Å². The summed E-state index contributed by atoms with van der Waals surface area (Å²) in [6.45, 7) is 3.85. The molecule has 11 heteroatoms. The van der Waals surface area contributed by atoms with E-state index in [-0.39, 0.29) is 35.8 Å². The molecule has 2 saturated carbocycles. The minimum atomic E-state index is -4.94. The lowest BCUT2D eigenvalue weighted by Crippen LogP contribution is -2.44. The van der Waals surface area contributed by atoms with Crippen molar-refractivity contribution >= 4 is 34.5 Å². The van der Waals surface area contributed by atoms with Gasteiger partial charge in [-0.25, -0.2) is 4.79 Å². The lowest BCUT2D eigenvalue weighted by Gasteiger charge is -2.36. The molecule has 3 N–H and O–H groups in total. The first-order chi connectivity index (χ1) is 26.8. The second-order valence-corrected chi connectivity index (χ2v) is 17.5. The number of carbonyl (C=O) groups excluding carboxylic acids is 2. The number of nitrogen functional groups attached to an aromatic ring is 1. The SMILES string of the molecule is C=CC(F)(F)c1cc(C[C@@H](C/C=C/CCC2CCC(N3CCc4cscc4NC3=O)CC2)C(=O)C2CCC(CC3=CCCCCC3)CC2)cc(C(F)(F)F)c1N. The predicted octanol–water partition coefficient (Wildman–Crippen LogP) is 12.8. The standard InChI is InChI=1S/C45H58F5N3O2S/c1-2-44(46,47)38-26-33(27-39(41(38)51)45(48,49)50)25-35(42(54)34-18-14-32(15-19-34)24-31-11-6-3-4-7-12-31)13-9-5-8-10-30-16-20-37(21-17-30)53-23-22-36-28-56-29-40(36)52-43(53)55/h2,5,9,11,26-30,32,34-35,37H,1,3-4,6-8,10,12-25,51H2,(H,52,55)/b9-5+/t30?,32?,34?,35-,37?/m1/s1. The van der Waals surface area contributed by atoms with Crippen molar-refractivity contribution in [1.29, 1.82) is 0 Å². The molecule has 4 aliphatic rings. The van der Waals surface area contributed by atoms with E-state index in [2.05, 4.69) is 29.4 Å².